The van der Waals surface area contributed by atoms with Crippen molar-refractivity contribution < 1.29 is 14.3 Å². The van der Waals surface area contributed by atoms with Gasteiger partial charge in [0.2, 0.25) is 5.91 Å². The van der Waals surface area contributed by atoms with Crippen LogP contribution in [0.25, 0.3) is 0 Å². The molecule has 2 rings (SSSR count). The van der Waals surface area contributed by atoms with Gasteiger partial charge in [-0.2, -0.15) is 0 Å². The largest absolute Gasteiger partial charge is 0.497 e. The molecule has 2 aromatic rings. The Balaban J connectivity index is 2.09. The van der Waals surface area contributed by atoms with E-state index < -0.39 is 0 Å². The molecule has 2 aromatic carbocycles. The van der Waals surface area contributed by atoms with E-state index in [0.29, 0.717) is 17.2 Å². The minimum absolute atomic E-state index is 0.103. The van der Waals surface area contributed by atoms with E-state index in [1.165, 1.54) is 11.1 Å². The average Bonchev–Trinajstić information content (AvgIpc) is 2.56. The summed E-state index contributed by atoms with van der Waals surface area (Å²) in [5, 5.41) is 2.89. The Labute approximate surface area is 143 Å². The molecule has 0 unspecified atom stereocenters. The molecule has 0 radical (unpaired) electrons. The van der Waals surface area contributed by atoms with Crippen LogP contribution in [0.1, 0.15) is 11.1 Å². The van der Waals surface area contributed by atoms with Crippen molar-refractivity contribution in [3.8, 4) is 11.5 Å². The molecule has 0 bridgehead atoms. The zero-order chi connectivity index (χ0) is 17.7. The van der Waals surface area contributed by atoms with Crippen LogP contribution in [0.2, 0.25) is 0 Å². The maximum Gasteiger partial charge on any atom is 0.243 e. The number of ether oxygens (including phenoxy) is 2. The summed E-state index contributed by atoms with van der Waals surface area (Å²) in [4.78, 5) is 14.3. The lowest BCUT2D eigenvalue weighted by atomic mass is 10.1. The first-order chi connectivity index (χ1) is 11.4. The number of nitrogens with zero attached hydrogens (tertiary/aromatic N) is 1. The number of anilines is 2. The van der Waals surface area contributed by atoms with Crippen molar-refractivity contribution in [2.75, 3.05) is 38.0 Å². The molecule has 0 fully saturated rings. The summed E-state index contributed by atoms with van der Waals surface area (Å²) in [6.07, 6.45) is 0. The highest BCUT2D eigenvalue weighted by molar-refractivity contribution is 5.94. The molecule has 0 aliphatic heterocycles. The van der Waals surface area contributed by atoms with Crippen molar-refractivity contribution in [1.82, 2.24) is 0 Å². The van der Waals surface area contributed by atoms with Gasteiger partial charge in [0, 0.05) is 36.6 Å². The number of aryl methyl sites for hydroxylation is 1. The van der Waals surface area contributed by atoms with Crippen LogP contribution in [-0.4, -0.2) is 33.7 Å². The fraction of sp³-hybridized carbons (Fsp3) is 0.316. The first-order valence-electron chi connectivity index (χ1n) is 7.75. The molecule has 0 heterocycles. The zero-order valence-electron chi connectivity index (χ0n) is 14.8. The lowest BCUT2D eigenvalue weighted by molar-refractivity contribution is -0.114. The van der Waals surface area contributed by atoms with Gasteiger partial charge in [0.05, 0.1) is 20.8 Å². The fourth-order valence-electron chi connectivity index (χ4n) is 2.53. The van der Waals surface area contributed by atoms with Gasteiger partial charge >= 0.3 is 0 Å². The SMILES string of the molecule is COc1cc(NC(=O)CN(C)c2cccc(C)c2C)cc(OC)c1. The van der Waals surface area contributed by atoms with Crippen LogP contribution in [0.4, 0.5) is 11.4 Å². The van der Waals surface area contributed by atoms with Crippen LogP contribution in [0, 0.1) is 13.8 Å². The van der Waals surface area contributed by atoms with Gasteiger partial charge in [-0.15, -0.1) is 0 Å². The lowest BCUT2D eigenvalue weighted by Crippen LogP contribution is -2.30. The van der Waals surface area contributed by atoms with Crippen molar-refractivity contribution in [1.29, 1.82) is 0 Å². The summed E-state index contributed by atoms with van der Waals surface area (Å²) in [6, 6.07) is 11.4. The Hall–Kier alpha value is -2.69. The molecule has 1 amide bonds. The fourth-order valence-corrected chi connectivity index (χ4v) is 2.53. The number of nitrogens with one attached hydrogen (secondary N) is 1. The highest BCUT2D eigenvalue weighted by Gasteiger charge is 2.12. The topological polar surface area (TPSA) is 50.8 Å². The molecule has 0 aliphatic rings. The number of hydrogen-bond donors (Lipinski definition) is 1. The minimum Gasteiger partial charge on any atom is -0.497 e. The number of methoxy groups -OCH3 is 2. The Kier molecular flexibility index (Phi) is 5.68. The van der Waals surface area contributed by atoms with Crippen molar-refractivity contribution in [2.45, 2.75) is 13.8 Å². The summed E-state index contributed by atoms with van der Waals surface area (Å²) in [6.45, 7) is 4.38. The van der Waals surface area contributed by atoms with E-state index in [4.69, 9.17) is 9.47 Å². The summed E-state index contributed by atoms with van der Waals surface area (Å²) in [7, 11) is 5.07. The predicted octanol–water partition coefficient (Wildman–Crippen LogP) is 3.40. The van der Waals surface area contributed by atoms with Crippen LogP contribution in [0.5, 0.6) is 11.5 Å². The minimum atomic E-state index is -0.103. The number of carbonyl (C=O) groups excluding carboxylic acids is 1. The standard InChI is InChI=1S/C19H24N2O3/c1-13-7-6-8-18(14(13)2)21(3)12-19(22)20-15-9-16(23-4)11-17(10-15)24-5/h6-11H,12H2,1-5H3,(H,20,22). The second-order valence-corrected chi connectivity index (χ2v) is 5.72. The van der Waals surface area contributed by atoms with E-state index in [0.717, 1.165) is 5.69 Å². The van der Waals surface area contributed by atoms with Crippen molar-refractivity contribution in [2.24, 2.45) is 0 Å². The molecular formula is C19H24N2O3. The molecule has 0 aliphatic carbocycles. The zero-order valence-corrected chi connectivity index (χ0v) is 14.8. The summed E-state index contributed by atoms with van der Waals surface area (Å²) >= 11 is 0. The third-order valence-corrected chi connectivity index (χ3v) is 4.00. The molecule has 1 N–H and O–H groups in total. The summed E-state index contributed by atoms with van der Waals surface area (Å²) in [5.74, 6) is 1.16. The van der Waals surface area contributed by atoms with E-state index in [1.54, 1.807) is 32.4 Å². The molecule has 0 atom stereocenters. The number of benzene rings is 2. The van der Waals surface area contributed by atoms with Gasteiger partial charge in [0.1, 0.15) is 11.5 Å². The normalized spacial score (nSPS) is 10.2. The first kappa shape index (κ1) is 17.7. The molecule has 0 aromatic heterocycles. The van der Waals surface area contributed by atoms with Gasteiger partial charge in [0.15, 0.2) is 0 Å². The van der Waals surface area contributed by atoms with Crippen LogP contribution in [0.15, 0.2) is 36.4 Å². The second kappa shape index (κ2) is 7.73. The molecule has 24 heavy (non-hydrogen) atoms. The molecule has 5 nitrogen and oxygen atoms in total. The predicted molar refractivity (Wildman–Crippen MR) is 97.4 cm³/mol. The third kappa shape index (κ3) is 4.19. The third-order valence-electron chi connectivity index (χ3n) is 4.00. The molecule has 0 saturated heterocycles. The molecule has 0 saturated carbocycles. The van der Waals surface area contributed by atoms with E-state index in [1.807, 2.05) is 24.1 Å². The number of hydrogen-bond acceptors (Lipinski definition) is 4. The molecule has 0 spiro atoms. The van der Waals surface area contributed by atoms with E-state index in [-0.39, 0.29) is 12.5 Å². The first-order valence-corrected chi connectivity index (χ1v) is 7.75. The monoisotopic (exact) mass is 328 g/mol. The summed E-state index contributed by atoms with van der Waals surface area (Å²) < 4.78 is 10.4. The van der Waals surface area contributed by atoms with Crippen LogP contribution in [0.3, 0.4) is 0 Å². The summed E-state index contributed by atoms with van der Waals surface area (Å²) in [5.41, 5.74) is 4.08. The van der Waals surface area contributed by atoms with E-state index in [9.17, 15) is 4.79 Å². The Morgan fingerprint density at radius 2 is 1.71 bits per heavy atom. The van der Waals surface area contributed by atoms with Gasteiger partial charge in [0.25, 0.3) is 0 Å². The molecule has 5 heteroatoms. The van der Waals surface area contributed by atoms with Gasteiger partial charge in [-0.1, -0.05) is 12.1 Å². The number of rotatable bonds is 6. The number of likely N-dealkylation sites (N-methyl/N-ethyl adjacent to an activating group) is 1. The molecule has 128 valence electrons. The van der Waals surface area contributed by atoms with E-state index in [2.05, 4.69) is 25.2 Å². The lowest BCUT2D eigenvalue weighted by Gasteiger charge is -2.22. The molecular weight excluding hydrogens is 304 g/mol. The van der Waals surface area contributed by atoms with Crippen LogP contribution in [-0.2, 0) is 4.79 Å². The Morgan fingerprint density at radius 3 is 2.29 bits per heavy atom. The number of carbonyl (C=O) groups is 1. The van der Waals surface area contributed by atoms with Crippen molar-refractivity contribution in [3.63, 3.8) is 0 Å². The van der Waals surface area contributed by atoms with Gasteiger partial charge in [-0.25, -0.2) is 0 Å². The maximum atomic E-state index is 12.4. The highest BCUT2D eigenvalue weighted by atomic mass is 16.5. The van der Waals surface area contributed by atoms with Gasteiger partial charge in [-0.3, -0.25) is 4.79 Å². The highest BCUT2D eigenvalue weighted by Crippen LogP contribution is 2.26. The number of amides is 1. The van der Waals surface area contributed by atoms with Crippen LogP contribution < -0.4 is 19.7 Å². The Bertz CT molecular complexity index is 706. The van der Waals surface area contributed by atoms with Gasteiger partial charge in [-0.05, 0) is 31.0 Å². The Morgan fingerprint density at radius 1 is 1.08 bits per heavy atom. The second-order valence-electron chi connectivity index (χ2n) is 5.72. The van der Waals surface area contributed by atoms with E-state index >= 15 is 0 Å². The average molecular weight is 328 g/mol. The maximum absolute atomic E-state index is 12.4. The van der Waals surface area contributed by atoms with Crippen molar-refractivity contribution in [3.05, 3.63) is 47.5 Å². The quantitative estimate of drug-likeness (QED) is 0.883. The smallest absolute Gasteiger partial charge is 0.243 e. The van der Waals surface area contributed by atoms with Crippen molar-refractivity contribution >= 4 is 17.3 Å². The van der Waals surface area contributed by atoms with Crippen LogP contribution >= 0.6 is 0 Å². The van der Waals surface area contributed by atoms with Gasteiger partial charge < -0.3 is 19.7 Å².